The molecule has 7 heteroatoms. The van der Waals surface area contributed by atoms with Crippen molar-refractivity contribution in [2.75, 3.05) is 13.2 Å². The first-order valence-corrected chi connectivity index (χ1v) is 10.0. The van der Waals surface area contributed by atoms with Gasteiger partial charge < -0.3 is 9.84 Å². The molecule has 0 aliphatic carbocycles. The standard InChI is InChI=1S/C21H20INO5/c1-13-10-15(11-16(19(13)22)14-6-3-2-4-7-14)18(24)12-28-20(25)17-8-5-9-23(17)21(26)27/h2-4,6-7,10-11,17H,5,8-9,12H2,1H3,(H,26,27). The lowest BCUT2D eigenvalue weighted by molar-refractivity contribution is -0.147. The Morgan fingerprint density at radius 1 is 1.21 bits per heavy atom. The van der Waals surface area contributed by atoms with Crippen LogP contribution in [0, 0.1) is 10.5 Å². The first-order valence-electron chi connectivity index (χ1n) is 8.93. The van der Waals surface area contributed by atoms with Crippen molar-refractivity contribution < 1.29 is 24.2 Å². The molecule has 1 fully saturated rings. The molecule has 0 radical (unpaired) electrons. The summed E-state index contributed by atoms with van der Waals surface area (Å²) in [5, 5.41) is 9.13. The highest BCUT2D eigenvalue weighted by molar-refractivity contribution is 14.1. The van der Waals surface area contributed by atoms with Crippen LogP contribution in [0.25, 0.3) is 11.1 Å². The summed E-state index contributed by atoms with van der Waals surface area (Å²) >= 11 is 2.26. The molecule has 1 aliphatic rings. The van der Waals surface area contributed by atoms with Gasteiger partial charge in [0.05, 0.1) is 0 Å². The van der Waals surface area contributed by atoms with Gasteiger partial charge in [-0.15, -0.1) is 0 Å². The van der Waals surface area contributed by atoms with Gasteiger partial charge in [-0.3, -0.25) is 9.69 Å². The molecule has 0 aromatic heterocycles. The third-order valence-corrected chi connectivity index (χ3v) is 6.21. The zero-order valence-electron chi connectivity index (χ0n) is 15.4. The first kappa shape index (κ1) is 20.3. The second-order valence-corrected chi connectivity index (χ2v) is 7.76. The van der Waals surface area contributed by atoms with Gasteiger partial charge in [0, 0.05) is 15.7 Å². The lowest BCUT2D eigenvalue weighted by Gasteiger charge is -2.19. The van der Waals surface area contributed by atoms with E-state index in [1.165, 1.54) is 0 Å². The summed E-state index contributed by atoms with van der Waals surface area (Å²) in [5.74, 6) is -0.983. The molecule has 0 spiro atoms. The second-order valence-electron chi connectivity index (χ2n) is 6.69. The maximum absolute atomic E-state index is 12.6. The number of ketones is 1. The number of carboxylic acid groups (broad SMARTS) is 1. The average Bonchev–Trinajstić information content (AvgIpc) is 3.19. The Kier molecular flexibility index (Phi) is 6.33. The van der Waals surface area contributed by atoms with Crippen LogP contribution in [0.3, 0.4) is 0 Å². The molecule has 1 unspecified atom stereocenters. The van der Waals surface area contributed by atoms with E-state index in [1.807, 2.05) is 37.3 Å². The summed E-state index contributed by atoms with van der Waals surface area (Å²) in [7, 11) is 0. The van der Waals surface area contributed by atoms with Gasteiger partial charge in [0.1, 0.15) is 6.04 Å². The van der Waals surface area contributed by atoms with Crippen LogP contribution in [0.15, 0.2) is 42.5 Å². The molecule has 28 heavy (non-hydrogen) atoms. The summed E-state index contributed by atoms with van der Waals surface area (Å²) in [6.07, 6.45) is -0.122. The number of aryl methyl sites for hydroxylation is 1. The summed E-state index contributed by atoms with van der Waals surface area (Å²) in [6.45, 7) is 1.83. The molecule has 1 saturated heterocycles. The SMILES string of the molecule is Cc1cc(C(=O)COC(=O)C2CCCN2C(=O)O)cc(-c2ccccc2)c1I. The van der Waals surface area contributed by atoms with E-state index in [1.54, 1.807) is 12.1 Å². The zero-order valence-corrected chi connectivity index (χ0v) is 17.5. The van der Waals surface area contributed by atoms with Gasteiger partial charge in [-0.25, -0.2) is 9.59 Å². The van der Waals surface area contributed by atoms with Crippen molar-refractivity contribution in [1.29, 1.82) is 0 Å². The van der Waals surface area contributed by atoms with Gasteiger partial charge in [0.2, 0.25) is 0 Å². The molecular formula is C21H20INO5. The number of halogens is 1. The van der Waals surface area contributed by atoms with Crippen molar-refractivity contribution in [1.82, 2.24) is 4.90 Å². The molecule has 6 nitrogen and oxygen atoms in total. The van der Waals surface area contributed by atoms with Gasteiger partial charge in [0.15, 0.2) is 12.4 Å². The molecular weight excluding hydrogens is 473 g/mol. The number of carbonyl (C=O) groups excluding carboxylic acids is 2. The smallest absolute Gasteiger partial charge is 0.408 e. The number of carbonyl (C=O) groups is 3. The summed E-state index contributed by atoms with van der Waals surface area (Å²) < 4.78 is 6.20. The topological polar surface area (TPSA) is 83.9 Å². The quantitative estimate of drug-likeness (QED) is 0.385. The van der Waals surface area contributed by atoms with Crippen molar-refractivity contribution in [3.63, 3.8) is 0 Å². The van der Waals surface area contributed by atoms with Crippen LogP contribution in [-0.2, 0) is 9.53 Å². The van der Waals surface area contributed by atoms with Crippen molar-refractivity contribution >= 4 is 40.4 Å². The summed E-state index contributed by atoms with van der Waals surface area (Å²) in [6, 6.07) is 12.5. The molecule has 146 valence electrons. The molecule has 1 N–H and O–H groups in total. The minimum Gasteiger partial charge on any atom is -0.465 e. The molecule has 1 amide bonds. The Morgan fingerprint density at radius 3 is 2.61 bits per heavy atom. The molecule has 3 rings (SSSR count). The predicted octanol–water partition coefficient (Wildman–Crippen LogP) is 4.13. The van der Waals surface area contributed by atoms with E-state index >= 15 is 0 Å². The fourth-order valence-electron chi connectivity index (χ4n) is 3.32. The molecule has 0 saturated carbocycles. The monoisotopic (exact) mass is 493 g/mol. The van der Waals surface area contributed by atoms with Crippen molar-refractivity contribution in [2.24, 2.45) is 0 Å². The van der Waals surface area contributed by atoms with Gasteiger partial charge in [-0.1, -0.05) is 30.3 Å². The Labute approximate surface area is 176 Å². The highest BCUT2D eigenvalue weighted by Crippen LogP contribution is 2.29. The van der Waals surface area contributed by atoms with Gasteiger partial charge in [0.25, 0.3) is 0 Å². The van der Waals surface area contributed by atoms with E-state index in [4.69, 9.17) is 9.84 Å². The minimum atomic E-state index is -1.15. The van der Waals surface area contributed by atoms with Gasteiger partial charge in [-0.05, 0) is 71.2 Å². The second kappa shape index (κ2) is 8.72. The molecule has 1 atom stereocenters. The maximum atomic E-state index is 12.6. The third kappa shape index (κ3) is 4.35. The van der Waals surface area contributed by atoms with Crippen LogP contribution in [0.5, 0.6) is 0 Å². The van der Waals surface area contributed by atoms with Crippen LogP contribution < -0.4 is 0 Å². The Balaban J connectivity index is 1.74. The molecule has 2 aromatic rings. The number of likely N-dealkylation sites (tertiary alicyclic amines) is 1. The van der Waals surface area contributed by atoms with E-state index < -0.39 is 24.7 Å². The Bertz CT molecular complexity index is 913. The Morgan fingerprint density at radius 2 is 1.93 bits per heavy atom. The van der Waals surface area contributed by atoms with E-state index in [0.29, 0.717) is 24.9 Å². The van der Waals surface area contributed by atoms with Gasteiger partial charge >= 0.3 is 12.1 Å². The normalized spacial score (nSPS) is 16.1. The number of hydrogen-bond acceptors (Lipinski definition) is 4. The lowest BCUT2D eigenvalue weighted by atomic mass is 9.98. The fourth-order valence-corrected chi connectivity index (χ4v) is 3.94. The van der Waals surface area contributed by atoms with Crippen molar-refractivity contribution in [3.05, 3.63) is 57.2 Å². The predicted molar refractivity (Wildman–Crippen MR) is 112 cm³/mol. The number of ether oxygens (including phenoxy) is 1. The number of hydrogen-bond donors (Lipinski definition) is 1. The van der Waals surface area contributed by atoms with Crippen LogP contribution in [-0.4, -0.2) is 47.0 Å². The van der Waals surface area contributed by atoms with Crippen LogP contribution in [0.2, 0.25) is 0 Å². The zero-order chi connectivity index (χ0) is 20.3. The lowest BCUT2D eigenvalue weighted by Crippen LogP contribution is -2.41. The maximum Gasteiger partial charge on any atom is 0.408 e. The summed E-state index contributed by atoms with van der Waals surface area (Å²) in [4.78, 5) is 37.1. The van der Waals surface area contributed by atoms with E-state index in [9.17, 15) is 14.4 Å². The average molecular weight is 493 g/mol. The molecule has 0 bridgehead atoms. The fraction of sp³-hybridized carbons (Fsp3) is 0.286. The van der Waals surface area contributed by atoms with E-state index in [0.717, 1.165) is 25.2 Å². The number of Topliss-reactive ketones (excluding diaryl/α,β-unsaturated/α-hetero) is 1. The van der Waals surface area contributed by atoms with Crippen molar-refractivity contribution in [2.45, 2.75) is 25.8 Å². The number of rotatable bonds is 5. The molecule has 2 aromatic carbocycles. The van der Waals surface area contributed by atoms with E-state index in [-0.39, 0.29) is 5.78 Å². The van der Waals surface area contributed by atoms with Gasteiger partial charge in [-0.2, -0.15) is 0 Å². The number of benzene rings is 2. The number of esters is 1. The van der Waals surface area contributed by atoms with Crippen molar-refractivity contribution in [3.8, 4) is 11.1 Å². The highest BCUT2D eigenvalue weighted by atomic mass is 127. The molecule has 1 aliphatic heterocycles. The molecule has 1 heterocycles. The largest absolute Gasteiger partial charge is 0.465 e. The van der Waals surface area contributed by atoms with Crippen LogP contribution in [0.4, 0.5) is 4.79 Å². The third-order valence-electron chi connectivity index (χ3n) is 4.78. The minimum absolute atomic E-state index is 0.305. The Hall–Kier alpha value is -2.42. The van der Waals surface area contributed by atoms with Crippen LogP contribution >= 0.6 is 22.6 Å². The highest BCUT2D eigenvalue weighted by Gasteiger charge is 2.35. The first-order chi connectivity index (χ1) is 13.4. The summed E-state index contributed by atoms with van der Waals surface area (Å²) in [5.41, 5.74) is 3.38. The number of nitrogens with zero attached hydrogens (tertiary/aromatic N) is 1. The number of amides is 1. The van der Waals surface area contributed by atoms with Crippen LogP contribution in [0.1, 0.15) is 28.8 Å². The van der Waals surface area contributed by atoms with E-state index in [2.05, 4.69) is 22.6 Å².